The molecular formula is C90H92Br3ClF2N24O17. The zero-order valence-electron chi connectivity index (χ0n) is 76.0. The summed E-state index contributed by atoms with van der Waals surface area (Å²) < 4.78 is 62.0. The second-order valence-corrected chi connectivity index (χ2v) is 34.7. The van der Waals surface area contributed by atoms with Crippen molar-refractivity contribution in [2.45, 2.75) is 172 Å². The molecule has 2 saturated heterocycles. The van der Waals surface area contributed by atoms with Gasteiger partial charge in [-0.05, 0) is 214 Å². The number of benzene rings is 4. The number of aromatic hydroxyl groups is 1. The number of phenols is 1. The predicted octanol–water partition coefficient (Wildman–Crippen LogP) is 14.1. The fourth-order valence-electron chi connectivity index (χ4n) is 13.3. The average molecular weight is 2100 g/mol. The number of nitrogens with one attached hydrogen (secondary N) is 3. The number of likely N-dealkylation sites (tertiary alicyclic amines) is 1. The van der Waals surface area contributed by atoms with Gasteiger partial charge in [-0.25, -0.2) is 58.6 Å². The number of aromatic nitrogens is 20. The van der Waals surface area contributed by atoms with E-state index in [1.165, 1.54) is 88.2 Å². The summed E-state index contributed by atoms with van der Waals surface area (Å²) in [4.78, 5) is 170. The van der Waals surface area contributed by atoms with Gasteiger partial charge in [0.1, 0.15) is 111 Å². The van der Waals surface area contributed by atoms with Crippen molar-refractivity contribution in [1.29, 1.82) is 0 Å². The van der Waals surface area contributed by atoms with Gasteiger partial charge in [0, 0.05) is 116 Å². The molecule has 0 aliphatic carbocycles. The van der Waals surface area contributed by atoms with Crippen LogP contribution in [0, 0.1) is 27.7 Å². The Morgan fingerprint density at radius 1 is 0.460 bits per heavy atom. The van der Waals surface area contributed by atoms with Crippen molar-refractivity contribution in [3.8, 4) is 41.0 Å². The number of anilines is 2. The third kappa shape index (κ3) is 30.0. The topological polar surface area (TPSA) is 523 Å². The standard InChI is InChI=1S/C25H22BrFN8O4.C20H22N4O4.C16H14N4O4.C15H18N2O4.C9H10BrFN4O.C5H5BrN2.ClH/c1-13-5-6-29-25(30-13)39-16-3-4-18-17(8-16)23(14(2)36)33-35(18)12-22(37)34-11-15(27)7-19(34)24(38)32-21-10-28-9-20(26)31-21;1-12-8-9-21-19(22-12)27-14-6-7-16-15(10-14)18(13(2)25)23-24(16)11-17(26)28-20(3,4)5;1-9-5-6-17-16(18-9)24-11-3-4-13-12(7-11)15(10(2)21)19-20(13)8-14(22)23;1-9(18)14-11-7-10(19)5-6-12(11)17(16-14)8-13(20)21-15(2,3)4;10-7-3-12-4-8(14-7)15-9(16)6-1-5(11)2-13-6;1-4-2-3-7-5(6)8-4;/h3-6,8-10,15,19H,7,11-12H2,1-2H3,(H,31,32,38);6-10H,11H2,1-5H3;3-7H,8H2,1-2H3,(H,22,23);5-7,19H,8H2,1-4H3;3-6,13H,1-2H2,(H,14,15,16);2-3H,1H3;1H/t15-,19+;;;;5-,6+;;/m1...1../s1. The number of esters is 2. The van der Waals surface area contributed by atoms with E-state index in [2.05, 4.69) is 144 Å². The molecule has 0 unspecified atom stereocenters. The van der Waals surface area contributed by atoms with Crippen molar-refractivity contribution in [3.05, 3.63) is 206 Å². The van der Waals surface area contributed by atoms with Crippen LogP contribution in [0.3, 0.4) is 0 Å². The van der Waals surface area contributed by atoms with Crippen LogP contribution in [0.1, 0.15) is 147 Å². The van der Waals surface area contributed by atoms with E-state index in [0.29, 0.717) is 80.6 Å². The number of nitrogens with zero attached hydrogens (tertiary/aromatic N) is 21. The highest BCUT2D eigenvalue weighted by Gasteiger charge is 2.41. The van der Waals surface area contributed by atoms with Crippen molar-refractivity contribution in [2.24, 2.45) is 0 Å². The first-order valence-corrected chi connectivity index (χ1v) is 43.9. The van der Waals surface area contributed by atoms with Gasteiger partial charge in [-0.2, -0.15) is 20.4 Å². The minimum Gasteiger partial charge on any atom is -0.508 e. The Balaban J connectivity index is 0.000000177. The molecule has 0 saturated carbocycles. The zero-order chi connectivity index (χ0) is 98.7. The Morgan fingerprint density at radius 3 is 1.17 bits per heavy atom. The smallest absolute Gasteiger partial charge is 0.328 e. The third-order valence-electron chi connectivity index (χ3n) is 18.9. The maximum absolute atomic E-state index is 14.4. The van der Waals surface area contributed by atoms with E-state index >= 15 is 0 Å². The van der Waals surface area contributed by atoms with Crippen molar-refractivity contribution >= 4 is 174 Å². The second-order valence-electron chi connectivity index (χ2n) is 32.4. The SMILES string of the molecule is CC(=O)c1nn(CC(=O)N2C[C@H](F)C[C@H]2C(=O)Nc2cncc(Br)n2)c2ccc(Oc3nccc(C)n3)cc12.CC(=O)c1nn(CC(=O)O)c2ccc(Oc3nccc(C)n3)cc12.CC(=O)c1nn(CC(=O)OC(C)(C)C)c2ccc(O)cc12.CC(=O)c1nn(CC(=O)OC(C)(C)C)c2ccc(Oc3nccc(C)n3)cc12.Cc1ccnc(Br)n1.Cl.O=C(Nc1cncc(Br)n1)[C@@H]1C[C@@H](F)CN1. The summed E-state index contributed by atoms with van der Waals surface area (Å²) in [6.45, 7) is 22.9. The summed E-state index contributed by atoms with van der Waals surface area (Å²) in [7, 11) is 0. The highest BCUT2D eigenvalue weighted by molar-refractivity contribution is 9.11. The second kappa shape index (κ2) is 46.6. The van der Waals surface area contributed by atoms with Gasteiger partial charge in [0.2, 0.25) is 17.7 Å². The number of Topliss-reactive ketones (excluding diaryl/α,β-unsaturated/α-hetero) is 4. The molecule has 4 atom stereocenters. The summed E-state index contributed by atoms with van der Waals surface area (Å²) in [5, 5.41) is 45.4. The largest absolute Gasteiger partial charge is 0.508 e. The molecular weight excluding hydrogens is 2000 g/mol. The summed E-state index contributed by atoms with van der Waals surface area (Å²) in [5.74, 6) is -2.45. The minimum absolute atomic E-state index is 0. The first kappa shape index (κ1) is 105. The van der Waals surface area contributed by atoms with Crippen LogP contribution in [-0.2, 0) is 64.4 Å². The number of amides is 3. The number of hydrogen-bond donors (Lipinski definition) is 5. The lowest BCUT2D eigenvalue weighted by atomic mass is 10.1. The molecule has 2 aliphatic rings. The lowest BCUT2D eigenvalue weighted by Gasteiger charge is -2.23. The molecule has 5 N–H and O–H groups in total. The van der Waals surface area contributed by atoms with E-state index < -0.39 is 65.4 Å². The van der Waals surface area contributed by atoms with Crippen LogP contribution in [0.25, 0.3) is 43.6 Å². The minimum atomic E-state index is -1.37. The average Bonchev–Trinajstić information content (AvgIpc) is 1.65. The van der Waals surface area contributed by atoms with Gasteiger partial charge >= 0.3 is 35.9 Å². The van der Waals surface area contributed by atoms with Gasteiger partial charge in [0.05, 0.1) is 59.4 Å². The monoisotopic (exact) mass is 2090 g/mol. The van der Waals surface area contributed by atoms with Gasteiger partial charge < -0.3 is 54.7 Å². The number of ether oxygens (including phenoxy) is 5. The summed E-state index contributed by atoms with van der Waals surface area (Å²) >= 11 is 9.46. The Bertz CT molecular complexity index is 6840. The highest BCUT2D eigenvalue weighted by atomic mass is 79.9. The molecule has 41 nitrogen and oxygen atoms in total. The first-order chi connectivity index (χ1) is 64.3. The number of fused-ring (bicyclic) bond motifs is 4. The lowest BCUT2D eigenvalue weighted by Crippen LogP contribution is -2.44. The van der Waals surface area contributed by atoms with E-state index in [1.54, 1.807) is 152 Å². The van der Waals surface area contributed by atoms with Gasteiger partial charge in [-0.15, -0.1) is 12.4 Å². The maximum atomic E-state index is 14.4. The van der Waals surface area contributed by atoms with E-state index in [9.17, 15) is 61.8 Å². The van der Waals surface area contributed by atoms with Crippen LogP contribution in [0.5, 0.6) is 41.0 Å². The molecule has 4 aromatic carbocycles. The van der Waals surface area contributed by atoms with Crippen molar-refractivity contribution in [2.75, 3.05) is 23.7 Å². The normalized spacial score (nSPS) is 14.2. The number of carbonyl (C=O) groups excluding carboxylic acids is 9. The van der Waals surface area contributed by atoms with E-state index in [1.807, 2.05) is 26.8 Å². The fraction of sp³-hybridized carbons (Fsp3) is 0.311. The lowest BCUT2D eigenvalue weighted by molar-refractivity contribution is -0.156. The molecule has 12 heterocycles. The predicted molar refractivity (Wildman–Crippen MR) is 505 cm³/mol. The maximum Gasteiger partial charge on any atom is 0.328 e. The number of carboxylic acid groups (broad SMARTS) is 1. The molecule has 47 heteroatoms. The van der Waals surface area contributed by atoms with Crippen molar-refractivity contribution in [3.63, 3.8) is 0 Å². The summed E-state index contributed by atoms with van der Waals surface area (Å²) in [6.07, 6.45) is 9.95. The van der Waals surface area contributed by atoms with Crippen LogP contribution in [0.4, 0.5) is 20.4 Å². The Kier molecular flexibility index (Phi) is 35.6. The highest BCUT2D eigenvalue weighted by Crippen LogP contribution is 2.33. The number of hydrogen-bond acceptors (Lipinski definition) is 33. The Morgan fingerprint density at radius 2 is 0.825 bits per heavy atom. The molecule has 0 bridgehead atoms. The number of carboxylic acids is 1. The van der Waals surface area contributed by atoms with E-state index in [4.69, 9.17) is 28.8 Å². The number of halogens is 6. The first-order valence-electron chi connectivity index (χ1n) is 41.5. The molecule has 3 amide bonds. The quantitative estimate of drug-likeness (QED) is 0.0239. The van der Waals surface area contributed by atoms with Crippen LogP contribution in [0.15, 0.2) is 161 Å². The molecule has 2 fully saturated rings. The van der Waals surface area contributed by atoms with E-state index in [-0.39, 0.29) is 146 Å². The molecule has 716 valence electrons. The number of phenolic OH excluding ortho intramolecular Hbond substituents is 1. The molecule has 14 aromatic rings. The van der Waals surface area contributed by atoms with Crippen LogP contribution in [0.2, 0.25) is 0 Å². The number of alkyl halides is 2. The van der Waals surface area contributed by atoms with Crippen LogP contribution in [-0.4, -0.2) is 222 Å². The molecule has 137 heavy (non-hydrogen) atoms. The van der Waals surface area contributed by atoms with Crippen LogP contribution >= 0.6 is 60.2 Å². The van der Waals surface area contributed by atoms with Gasteiger partial charge in [-0.1, -0.05) is 0 Å². The summed E-state index contributed by atoms with van der Waals surface area (Å²) in [5.41, 5.74) is 5.16. The molecule has 10 aromatic heterocycles. The molecule has 2 aliphatic heterocycles. The van der Waals surface area contributed by atoms with Gasteiger partial charge in [0.25, 0.3) is 0 Å². The fourth-order valence-corrected chi connectivity index (χ4v) is 14.3. The van der Waals surface area contributed by atoms with Crippen LogP contribution < -0.4 is 30.2 Å². The van der Waals surface area contributed by atoms with Crippen molar-refractivity contribution in [1.82, 2.24) is 109 Å². The van der Waals surface area contributed by atoms with Gasteiger partial charge in [-0.3, -0.25) is 76.6 Å². The number of aryl methyl sites for hydroxylation is 4. The molecule has 0 spiro atoms. The number of ketones is 4. The number of aliphatic carboxylic acids is 1. The molecule has 0 radical (unpaired) electrons. The number of carbonyl (C=O) groups is 10. The Hall–Kier alpha value is -14.5. The third-order valence-corrected chi connectivity index (χ3v) is 20.0. The van der Waals surface area contributed by atoms with Crippen molar-refractivity contribution < 1.29 is 90.6 Å². The Labute approximate surface area is 811 Å². The number of rotatable bonds is 22. The summed E-state index contributed by atoms with van der Waals surface area (Å²) in [6, 6.07) is 25.7. The zero-order valence-corrected chi connectivity index (χ0v) is 81.6. The van der Waals surface area contributed by atoms with E-state index in [0.717, 1.165) is 22.8 Å². The van der Waals surface area contributed by atoms with Gasteiger partial charge in [0.15, 0.2) is 39.5 Å². The molecule has 16 rings (SSSR count).